The van der Waals surface area contributed by atoms with E-state index in [0.717, 1.165) is 11.1 Å². The summed E-state index contributed by atoms with van der Waals surface area (Å²) in [4.78, 5) is 19.0. The number of benzene rings is 1. The molecule has 0 spiro atoms. The molecular weight excluding hydrogens is 410 g/mol. The van der Waals surface area contributed by atoms with E-state index in [1.165, 1.54) is 0 Å². The molecule has 0 radical (unpaired) electrons. The van der Waals surface area contributed by atoms with Crippen molar-refractivity contribution in [2.24, 2.45) is 0 Å². The summed E-state index contributed by atoms with van der Waals surface area (Å²) in [7, 11) is -3.30. The van der Waals surface area contributed by atoms with Crippen LogP contribution in [0.4, 0.5) is 0 Å². The molecule has 9 heteroatoms. The van der Waals surface area contributed by atoms with Gasteiger partial charge in [0.15, 0.2) is 9.84 Å². The molecule has 29 heavy (non-hydrogen) atoms. The van der Waals surface area contributed by atoms with Crippen LogP contribution >= 0.6 is 11.3 Å². The van der Waals surface area contributed by atoms with Gasteiger partial charge in [-0.25, -0.2) is 8.42 Å². The first kappa shape index (κ1) is 19.8. The van der Waals surface area contributed by atoms with Crippen LogP contribution in [0.3, 0.4) is 0 Å². The van der Waals surface area contributed by atoms with Crippen LogP contribution in [0.1, 0.15) is 31.2 Å². The highest BCUT2D eigenvalue weighted by atomic mass is 32.2. The molecule has 0 aliphatic carbocycles. The first-order chi connectivity index (χ1) is 13.8. The van der Waals surface area contributed by atoms with Crippen molar-refractivity contribution in [1.82, 2.24) is 15.0 Å². The largest absolute Gasteiger partial charge is 0.341 e. The summed E-state index contributed by atoms with van der Waals surface area (Å²) in [5.41, 5.74) is 1.72. The fourth-order valence-corrected chi connectivity index (χ4v) is 4.80. The second-order valence-corrected chi connectivity index (χ2v) is 10.7. The zero-order valence-electron chi connectivity index (χ0n) is 16.1. The van der Waals surface area contributed by atoms with Crippen molar-refractivity contribution in [1.29, 1.82) is 0 Å². The van der Waals surface area contributed by atoms with Gasteiger partial charge in [0.1, 0.15) is 0 Å². The van der Waals surface area contributed by atoms with E-state index in [-0.39, 0.29) is 23.1 Å². The van der Waals surface area contributed by atoms with Crippen LogP contribution in [0.15, 0.2) is 50.5 Å². The highest BCUT2D eigenvalue weighted by Gasteiger charge is 2.35. The molecule has 1 aromatic carbocycles. The lowest BCUT2D eigenvalue weighted by molar-refractivity contribution is -0.135. The Labute approximate surface area is 173 Å². The molecule has 0 unspecified atom stereocenters. The Balaban J connectivity index is 1.33. The molecule has 7 nitrogen and oxygen atoms in total. The van der Waals surface area contributed by atoms with Gasteiger partial charge in [-0.05, 0) is 43.0 Å². The highest BCUT2D eigenvalue weighted by molar-refractivity contribution is 7.92. The quantitative estimate of drug-likeness (QED) is 0.595. The Bertz CT molecular complexity index is 1100. The Morgan fingerprint density at radius 3 is 2.59 bits per heavy atom. The van der Waals surface area contributed by atoms with E-state index in [0.29, 0.717) is 24.8 Å². The summed E-state index contributed by atoms with van der Waals surface area (Å²) in [6, 6.07) is 8.49. The summed E-state index contributed by atoms with van der Waals surface area (Å²) in [6.07, 6.45) is 0.235. The predicted molar refractivity (Wildman–Crippen MR) is 109 cm³/mol. The number of aromatic nitrogens is 2. The number of thiophene rings is 1. The molecule has 0 N–H and O–H groups in total. The maximum absolute atomic E-state index is 12.5. The third-order valence-corrected chi connectivity index (χ3v) is 7.89. The molecular formula is C20H21N3O4S2. The van der Waals surface area contributed by atoms with E-state index in [1.54, 1.807) is 54.3 Å². The molecule has 0 saturated carbocycles. The van der Waals surface area contributed by atoms with Crippen molar-refractivity contribution in [2.45, 2.75) is 36.3 Å². The first-order valence-electron chi connectivity index (χ1n) is 9.31. The van der Waals surface area contributed by atoms with E-state index in [4.69, 9.17) is 4.52 Å². The normalized spacial score (nSPS) is 14.9. The average Bonchev–Trinajstić information content (AvgIpc) is 3.32. The zero-order chi connectivity index (χ0) is 20.6. The van der Waals surface area contributed by atoms with Gasteiger partial charge in [-0.15, -0.1) is 0 Å². The van der Waals surface area contributed by atoms with Crippen molar-refractivity contribution in [2.75, 3.05) is 13.1 Å². The predicted octanol–water partition coefficient (Wildman–Crippen LogP) is 3.15. The lowest BCUT2D eigenvalue weighted by Crippen LogP contribution is -2.49. The summed E-state index contributed by atoms with van der Waals surface area (Å²) in [5, 5.41) is 7.45. The summed E-state index contributed by atoms with van der Waals surface area (Å²) in [6.45, 7) is 4.40. The van der Waals surface area contributed by atoms with Gasteiger partial charge >= 0.3 is 0 Å². The van der Waals surface area contributed by atoms with Crippen LogP contribution in [0, 0.1) is 0 Å². The van der Waals surface area contributed by atoms with Crippen molar-refractivity contribution in [3.63, 3.8) is 0 Å². The van der Waals surface area contributed by atoms with E-state index in [1.807, 2.05) is 16.8 Å². The molecule has 152 valence electrons. The van der Waals surface area contributed by atoms with Crippen molar-refractivity contribution in [3.05, 3.63) is 52.5 Å². The molecule has 1 aliphatic rings. The first-order valence-corrected chi connectivity index (χ1v) is 11.8. The number of sulfone groups is 1. The van der Waals surface area contributed by atoms with E-state index in [2.05, 4.69) is 10.1 Å². The number of amides is 1. The number of rotatable bonds is 6. The van der Waals surface area contributed by atoms with Crippen LogP contribution in [-0.2, 0) is 21.1 Å². The summed E-state index contributed by atoms with van der Waals surface area (Å²) in [5.74, 6) is 1.18. The number of nitrogens with zero attached hydrogens (tertiary/aromatic N) is 3. The molecule has 4 rings (SSSR count). The zero-order valence-corrected chi connectivity index (χ0v) is 17.7. The maximum Gasteiger partial charge on any atom is 0.233 e. The Morgan fingerprint density at radius 1 is 1.24 bits per heavy atom. The van der Waals surface area contributed by atoms with Gasteiger partial charge in [0.05, 0.1) is 22.5 Å². The van der Waals surface area contributed by atoms with E-state index >= 15 is 0 Å². The van der Waals surface area contributed by atoms with Gasteiger partial charge in [0.25, 0.3) is 0 Å². The fourth-order valence-electron chi connectivity index (χ4n) is 3.10. The SMILES string of the molecule is CC(C)S(=O)(=O)c1ccc(CC(=O)N2CC(c3nc(-c4ccsc4)no3)C2)cc1. The Hall–Kier alpha value is -2.52. The van der Waals surface area contributed by atoms with Crippen molar-refractivity contribution >= 4 is 27.1 Å². The lowest BCUT2D eigenvalue weighted by Gasteiger charge is -2.37. The summed E-state index contributed by atoms with van der Waals surface area (Å²) >= 11 is 1.57. The van der Waals surface area contributed by atoms with E-state index in [9.17, 15) is 13.2 Å². The van der Waals surface area contributed by atoms with Gasteiger partial charge in [-0.3, -0.25) is 4.79 Å². The molecule has 1 amide bonds. The second-order valence-electron chi connectivity index (χ2n) is 7.38. The Kier molecular flexibility index (Phi) is 5.26. The third-order valence-electron chi connectivity index (χ3n) is 5.03. The average molecular weight is 432 g/mol. The number of hydrogen-bond donors (Lipinski definition) is 0. The molecule has 3 aromatic rings. The topological polar surface area (TPSA) is 93.4 Å². The number of carbonyl (C=O) groups excluding carboxylic acids is 1. The Morgan fingerprint density at radius 2 is 1.97 bits per heavy atom. The van der Waals surface area contributed by atoms with Crippen LogP contribution in [0.2, 0.25) is 0 Å². The fraction of sp³-hybridized carbons (Fsp3) is 0.350. The van der Waals surface area contributed by atoms with Crippen LogP contribution in [0.25, 0.3) is 11.4 Å². The molecule has 1 saturated heterocycles. The van der Waals surface area contributed by atoms with Gasteiger partial charge in [0.2, 0.25) is 17.6 Å². The minimum Gasteiger partial charge on any atom is -0.341 e. The van der Waals surface area contributed by atoms with Crippen LogP contribution in [0.5, 0.6) is 0 Å². The smallest absolute Gasteiger partial charge is 0.233 e. The summed E-state index contributed by atoms with van der Waals surface area (Å²) < 4.78 is 29.7. The van der Waals surface area contributed by atoms with Crippen molar-refractivity contribution < 1.29 is 17.7 Å². The lowest BCUT2D eigenvalue weighted by atomic mass is 9.99. The van der Waals surface area contributed by atoms with E-state index < -0.39 is 15.1 Å². The minimum absolute atomic E-state index is 0.00158. The molecule has 2 aromatic heterocycles. The number of hydrogen-bond acceptors (Lipinski definition) is 7. The molecule has 0 atom stereocenters. The molecule has 1 aliphatic heterocycles. The number of likely N-dealkylation sites (tertiary alicyclic amines) is 1. The molecule has 3 heterocycles. The van der Waals surface area contributed by atoms with Gasteiger partial charge < -0.3 is 9.42 Å². The van der Waals surface area contributed by atoms with Gasteiger partial charge in [-0.2, -0.15) is 16.3 Å². The maximum atomic E-state index is 12.5. The second kappa shape index (κ2) is 7.72. The monoisotopic (exact) mass is 431 g/mol. The molecule has 1 fully saturated rings. The van der Waals surface area contributed by atoms with Gasteiger partial charge in [-0.1, -0.05) is 17.3 Å². The van der Waals surface area contributed by atoms with Crippen molar-refractivity contribution in [3.8, 4) is 11.4 Å². The van der Waals surface area contributed by atoms with Crippen LogP contribution in [-0.4, -0.2) is 47.7 Å². The third kappa shape index (κ3) is 3.97. The number of carbonyl (C=O) groups is 1. The van der Waals surface area contributed by atoms with Gasteiger partial charge in [0, 0.05) is 24.0 Å². The standard InChI is InChI=1S/C20H21N3O4S2/c1-13(2)29(25,26)17-5-3-14(4-6-17)9-18(24)23-10-16(11-23)20-21-19(22-27-20)15-7-8-28-12-15/h3-8,12-13,16H,9-11H2,1-2H3. The molecule has 0 bridgehead atoms. The minimum atomic E-state index is -3.30. The van der Waals surface area contributed by atoms with Crippen LogP contribution < -0.4 is 0 Å². The highest BCUT2D eigenvalue weighted by Crippen LogP contribution is 2.28.